The van der Waals surface area contributed by atoms with E-state index in [2.05, 4.69) is 67.3 Å². The lowest BCUT2D eigenvalue weighted by molar-refractivity contribution is 0.411. The molecule has 33 heavy (non-hydrogen) atoms. The normalized spacial score (nSPS) is 17.4. The van der Waals surface area contributed by atoms with E-state index in [4.69, 9.17) is 10.4 Å². The smallest absolute Gasteiger partial charge is 0.139 e. The number of anilines is 2. The maximum absolute atomic E-state index is 10.8. The van der Waals surface area contributed by atoms with Crippen LogP contribution in [0.5, 0.6) is 0 Å². The Labute approximate surface area is 199 Å². The summed E-state index contributed by atoms with van der Waals surface area (Å²) in [5, 5.41) is 20.3. The topological polar surface area (TPSA) is 63.5 Å². The average Bonchev–Trinajstić information content (AvgIpc) is 3.33. The molecule has 5 nitrogen and oxygen atoms in total. The van der Waals surface area contributed by atoms with Crippen LogP contribution in [0.3, 0.4) is 0 Å². The Kier molecular flexibility index (Phi) is 5.71. The lowest BCUT2D eigenvalue weighted by Crippen LogP contribution is -2.32. The molecule has 1 fully saturated rings. The number of hydrogen-bond donors (Lipinski definition) is 2. The van der Waals surface area contributed by atoms with Gasteiger partial charge in [0.15, 0.2) is 0 Å². The molecule has 0 unspecified atom stereocenters. The number of nitrogens with zero attached hydrogens (tertiary/aromatic N) is 3. The van der Waals surface area contributed by atoms with Crippen LogP contribution in [0.1, 0.15) is 35.2 Å². The van der Waals surface area contributed by atoms with Gasteiger partial charge in [0.2, 0.25) is 0 Å². The summed E-state index contributed by atoms with van der Waals surface area (Å²) in [4.78, 5) is 10.2. The van der Waals surface area contributed by atoms with Crippen LogP contribution in [0.4, 0.5) is 11.4 Å². The molecule has 0 spiro atoms. The summed E-state index contributed by atoms with van der Waals surface area (Å²) in [6, 6.07) is 16.7. The molecule has 0 aliphatic carbocycles. The number of benzene rings is 2. The van der Waals surface area contributed by atoms with Crippen molar-refractivity contribution in [3.8, 4) is 11.3 Å². The Morgan fingerprint density at radius 2 is 1.61 bits per heavy atom. The van der Waals surface area contributed by atoms with Gasteiger partial charge in [0, 0.05) is 34.9 Å². The van der Waals surface area contributed by atoms with Gasteiger partial charge in [-0.1, -0.05) is 36.8 Å². The summed E-state index contributed by atoms with van der Waals surface area (Å²) in [7, 11) is 0. The number of thiazole rings is 1. The number of piperidine rings is 1. The summed E-state index contributed by atoms with van der Waals surface area (Å²) >= 11 is 1.53. The third kappa shape index (κ3) is 4.15. The maximum atomic E-state index is 10.8. The molecule has 3 aromatic rings. The van der Waals surface area contributed by atoms with Crippen molar-refractivity contribution in [2.75, 3.05) is 29.4 Å². The number of aliphatic hydroxyl groups excluding tert-OH is 1. The zero-order valence-electron chi connectivity index (χ0n) is 19.4. The molecule has 2 aliphatic rings. The fourth-order valence-corrected chi connectivity index (χ4v) is 5.62. The quantitative estimate of drug-likeness (QED) is 0.473. The van der Waals surface area contributed by atoms with E-state index in [1.165, 1.54) is 35.4 Å². The molecule has 0 amide bonds. The van der Waals surface area contributed by atoms with Crippen molar-refractivity contribution in [3.63, 3.8) is 0 Å². The van der Waals surface area contributed by atoms with Gasteiger partial charge < -0.3 is 14.9 Å². The summed E-state index contributed by atoms with van der Waals surface area (Å²) in [5.41, 5.74) is 5.87. The lowest BCUT2D eigenvalue weighted by atomic mass is 9.99. The SMILES string of the molecule is Cc1ccc(-c2nc(C3=C(O)CN(c4ccc(N5CCC(C)CC5)cc4)C3=N)sc2C)cc1. The van der Waals surface area contributed by atoms with Gasteiger partial charge >= 0.3 is 0 Å². The molecule has 0 saturated carbocycles. The van der Waals surface area contributed by atoms with Crippen LogP contribution in [-0.2, 0) is 0 Å². The highest BCUT2D eigenvalue weighted by atomic mass is 32.1. The molecule has 170 valence electrons. The third-order valence-electron chi connectivity index (χ3n) is 6.75. The molecule has 0 radical (unpaired) electrons. The molecule has 0 bridgehead atoms. The number of aliphatic hydroxyl groups is 1. The van der Waals surface area contributed by atoms with Crippen molar-refractivity contribution in [3.05, 3.63) is 69.7 Å². The van der Waals surface area contributed by atoms with Crippen LogP contribution in [-0.4, -0.2) is 35.6 Å². The highest BCUT2D eigenvalue weighted by Crippen LogP contribution is 2.37. The van der Waals surface area contributed by atoms with Gasteiger partial charge in [-0.05, 0) is 56.9 Å². The molecule has 6 heteroatoms. The van der Waals surface area contributed by atoms with Gasteiger partial charge in [-0.2, -0.15) is 0 Å². The molecule has 2 N–H and O–H groups in total. The van der Waals surface area contributed by atoms with Gasteiger partial charge in [-0.25, -0.2) is 4.98 Å². The van der Waals surface area contributed by atoms with Crippen molar-refractivity contribution >= 4 is 34.1 Å². The molecular formula is C27H30N4OS. The zero-order valence-corrected chi connectivity index (χ0v) is 20.2. The second kappa shape index (κ2) is 8.67. The number of aromatic nitrogens is 1. The second-order valence-corrected chi connectivity index (χ2v) is 10.4. The summed E-state index contributed by atoms with van der Waals surface area (Å²) in [6.45, 7) is 8.93. The van der Waals surface area contributed by atoms with Crippen molar-refractivity contribution in [1.29, 1.82) is 5.41 Å². The molecule has 0 atom stereocenters. The first-order valence-electron chi connectivity index (χ1n) is 11.6. The van der Waals surface area contributed by atoms with E-state index in [0.717, 1.165) is 40.8 Å². The second-order valence-electron chi connectivity index (χ2n) is 9.23. The molecule has 3 heterocycles. The first-order chi connectivity index (χ1) is 15.9. The third-order valence-corrected chi connectivity index (χ3v) is 7.74. The molecule has 2 aromatic carbocycles. The van der Waals surface area contributed by atoms with Crippen LogP contribution >= 0.6 is 11.3 Å². The van der Waals surface area contributed by atoms with Gasteiger partial charge in [0.05, 0.1) is 17.8 Å². The molecular weight excluding hydrogens is 428 g/mol. The van der Waals surface area contributed by atoms with E-state index in [-0.39, 0.29) is 5.76 Å². The minimum atomic E-state index is 0.207. The number of nitrogens with one attached hydrogen (secondary N) is 1. The van der Waals surface area contributed by atoms with E-state index < -0.39 is 0 Å². The lowest BCUT2D eigenvalue weighted by Gasteiger charge is -2.32. The van der Waals surface area contributed by atoms with Crippen LogP contribution < -0.4 is 9.80 Å². The van der Waals surface area contributed by atoms with Gasteiger partial charge in [-0.15, -0.1) is 11.3 Å². The highest BCUT2D eigenvalue weighted by Gasteiger charge is 2.32. The fourth-order valence-electron chi connectivity index (χ4n) is 4.62. The molecule has 2 aliphatic heterocycles. The minimum absolute atomic E-state index is 0.207. The van der Waals surface area contributed by atoms with Crippen molar-refractivity contribution in [2.24, 2.45) is 5.92 Å². The van der Waals surface area contributed by atoms with E-state index in [1.54, 1.807) is 0 Å². The van der Waals surface area contributed by atoms with E-state index in [1.807, 2.05) is 11.8 Å². The number of amidine groups is 1. The van der Waals surface area contributed by atoms with Crippen LogP contribution in [0.15, 0.2) is 54.3 Å². The van der Waals surface area contributed by atoms with Crippen LogP contribution in [0.2, 0.25) is 0 Å². The number of hydrogen-bond acceptors (Lipinski definition) is 5. The van der Waals surface area contributed by atoms with Crippen LogP contribution in [0, 0.1) is 25.2 Å². The van der Waals surface area contributed by atoms with E-state index in [0.29, 0.717) is 23.0 Å². The fraction of sp³-hybridized carbons (Fsp3) is 0.333. The molecule has 5 rings (SSSR count). The number of rotatable bonds is 4. The van der Waals surface area contributed by atoms with Crippen molar-refractivity contribution in [1.82, 2.24) is 4.98 Å². The standard InChI is InChI=1S/C27H30N4OS/c1-17-4-6-20(7-5-17)25-19(3)33-27(29-25)24-23(32)16-31(26(24)28)22-10-8-21(9-11-22)30-14-12-18(2)13-15-30/h4-11,18,28,32H,12-16H2,1-3H3. The molecule has 1 aromatic heterocycles. The van der Waals surface area contributed by atoms with E-state index >= 15 is 0 Å². The predicted molar refractivity (Wildman–Crippen MR) is 139 cm³/mol. The zero-order chi connectivity index (χ0) is 23.1. The maximum Gasteiger partial charge on any atom is 0.139 e. The monoisotopic (exact) mass is 458 g/mol. The Balaban J connectivity index is 1.36. The Bertz CT molecular complexity index is 1200. The largest absolute Gasteiger partial charge is 0.510 e. The van der Waals surface area contributed by atoms with Crippen molar-refractivity contribution in [2.45, 2.75) is 33.6 Å². The highest BCUT2D eigenvalue weighted by molar-refractivity contribution is 7.13. The summed E-state index contributed by atoms with van der Waals surface area (Å²) < 4.78 is 0. The predicted octanol–water partition coefficient (Wildman–Crippen LogP) is 6.43. The summed E-state index contributed by atoms with van der Waals surface area (Å²) in [5.74, 6) is 1.31. The molecule has 1 saturated heterocycles. The van der Waals surface area contributed by atoms with E-state index in [9.17, 15) is 5.11 Å². The van der Waals surface area contributed by atoms with Crippen LogP contribution in [0.25, 0.3) is 16.8 Å². The Hall–Kier alpha value is -3.12. The first kappa shape index (κ1) is 21.7. The van der Waals surface area contributed by atoms with Crippen molar-refractivity contribution < 1.29 is 5.11 Å². The Morgan fingerprint density at radius 1 is 0.970 bits per heavy atom. The average molecular weight is 459 g/mol. The van der Waals surface area contributed by atoms with Gasteiger partial charge in [0.1, 0.15) is 16.6 Å². The number of aryl methyl sites for hydroxylation is 2. The Morgan fingerprint density at radius 3 is 2.27 bits per heavy atom. The minimum Gasteiger partial charge on any atom is -0.510 e. The first-order valence-corrected chi connectivity index (χ1v) is 12.4. The summed E-state index contributed by atoms with van der Waals surface area (Å²) in [6.07, 6.45) is 2.47. The van der Waals surface area contributed by atoms with Gasteiger partial charge in [-0.3, -0.25) is 5.41 Å². The van der Waals surface area contributed by atoms with Gasteiger partial charge in [0.25, 0.3) is 0 Å².